The van der Waals surface area contributed by atoms with Crippen LogP contribution in [0.15, 0.2) is 24.3 Å². The van der Waals surface area contributed by atoms with Crippen LogP contribution < -0.4 is 5.73 Å². The Morgan fingerprint density at radius 3 is 2.47 bits per heavy atom. The van der Waals surface area contributed by atoms with Crippen molar-refractivity contribution < 1.29 is 19.1 Å². The quantitative estimate of drug-likeness (QED) is 0.294. The van der Waals surface area contributed by atoms with Crippen LogP contribution in [0.4, 0.5) is 0 Å². The van der Waals surface area contributed by atoms with Crippen LogP contribution in [0.3, 0.4) is 0 Å². The number of carbonyl (C=O) groups excluding carboxylic acids is 2. The minimum absolute atomic E-state index is 0.0270. The van der Waals surface area contributed by atoms with Crippen LogP contribution in [0.5, 0.6) is 0 Å². The van der Waals surface area contributed by atoms with Crippen molar-refractivity contribution in [3.05, 3.63) is 24.3 Å². The molecule has 0 aliphatic rings. The zero-order valence-electron chi connectivity index (χ0n) is 8.64. The molecule has 0 fully saturated rings. The molecule has 2 N–H and O–H groups in total. The normalized spacial score (nSPS) is 10.8. The molecule has 0 aromatic rings. The van der Waals surface area contributed by atoms with E-state index in [1.54, 1.807) is 18.2 Å². The molecule has 15 heavy (non-hydrogen) atoms. The van der Waals surface area contributed by atoms with Gasteiger partial charge in [-0.05, 0) is 6.92 Å². The van der Waals surface area contributed by atoms with Crippen molar-refractivity contribution >= 4 is 11.9 Å². The fourth-order valence-electron chi connectivity index (χ4n) is 0.650. The van der Waals surface area contributed by atoms with Crippen molar-refractivity contribution in [3.63, 3.8) is 0 Å². The monoisotopic (exact) mass is 213 g/mol. The van der Waals surface area contributed by atoms with Gasteiger partial charge in [-0.25, -0.2) is 4.79 Å². The van der Waals surface area contributed by atoms with Gasteiger partial charge in [-0.2, -0.15) is 0 Å². The Hall–Kier alpha value is -1.62. The van der Waals surface area contributed by atoms with Crippen molar-refractivity contribution in [1.29, 1.82) is 0 Å². The first kappa shape index (κ1) is 13.4. The third-order valence-corrected chi connectivity index (χ3v) is 1.29. The molecule has 0 bridgehead atoms. The number of hydrogen-bond acceptors (Lipinski definition) is 5. The van der Waals surface area contributed by atoms with E-state index in [2.05, 4.69) is 4.74 Å². The van der Waals surface area contributed by atoms with Crippen LogP contribution >= 0.6 is 0 Å². The molecule has 0 aromatic carbocycles. The highest BCUT2D eigenvalue weighted by Crippen LogP contribution is 1.85. The highest BCUT2D eigenvalue weighted by atomic mass is 16.6. The van der Waals surface area contributed by atoms with Gasteiger partial charge in [0.05, 0.1) is 6.54 Å². The Bertz CT molecular complexity index is 258. The molecule has 0 saturated heterocycles. The third-order valence-electron chi connectivity index (χ3n) is 1.29. The lowest BCUT2D eigenvalue weighted by Gasteiger charge is -2.02. The summed E-state index contributed by atoms with van der Waals surface area (Å²) in [4.78, 5) is 21.5. The van der Waals surface area contributed by atoms with E-state index >= 15 is 0 Å². The van der Waals surface area contributed by atoms with Crippen LogP contribution in [0, 0.1) is 0 Å². The van der Waals surface area contributed by atoms with E-state index in [-0.39, 0.29) is 19.8 Å². The van der Waals surface area contributed by atoms with Gasteiger partial charge in [-0.15, -0.1) is 0 Å². The average Bonchev–Trinajstić information content (AvgIpc) is 2.24. The van der Waals surface area contributed by atoms with Gasteiger partial charge < -0.3 is 15.2 Å². The summed E-state index contributed by atoms with van der Waals surface area (Å²) in [5.74, 6) is -0.993. The average molecular weight is 213 g/mol. The predicted octanol–water partition coefficient (Wildman–Crippen LogP) is 0.164. The maximum Gasteiger partial charge on any atom is 0.330 e. The minimum atomic E-state index is -0.518. The van der Waals surface area contributed by atoms with Crippen LogP contribution in [0.25, 0.3) is 0 Å². The van der Waals surface area contributed by atoms with Gasteiger partial charge in [0, 0.05) is 6.08 Å². The lowest BCUT2D eigenvalue weighted by molar-refractivity contribution is -0.148. The largest absolute Gasteiger partial charge is 0.461 e. The maximum atomic E-state index is 10.9. The zero-order chi connectivity index (χ0) is 11.5. The Kier molecular flexibility index (Phi) is 7.99. The van der Waals surface area contributed by atoms with Crippen molar-refractivity contribution in [2.24, 2.45) is 5.73 Å². The molecule has 84 valence electrons. The summed E-state index contributed by atoms with van der Waals surface area (Å²) in [5.41, 5.74) is 4.99. The van der Waals surface area contributed by atoms with Gasteiger partial charge in [0.2, 0.25) is 0 Å². The predicted molar refractivity (Wildman–Crippen MR) is 54.9 cm³/mol. The molecule has 5 nitrogen and oxygen atoms in total. The smallest absolute Gasteiger partial charge is 0.330 e. The van der Waals surface area contributed by atoms with Crippen molar-refractivity contribution in [1.82, 2.24) is 0 Å². The van der Waals surface area contributed by atoms with Gasteiger partial charge in [0.15, 0.2) is 0 Å². The molecule has 0 unspecified atom stereocenters. The molecule has 0 aromatic heterocycles. The molecule has 0 saturated carbocycles. The molecule has 0 heterocycles. The number of esters is 2. The van der Waals surface area contributed by atoms with Crippen LogP contribution in [0.2, 0.25) is 0 Å². The lowest BCUT2D eigenvalue weighted by atomic mass is 10.4. The fraction of sp³-hybridized carbons (Fsp3) is 0.400. The molecule has 5 heteroatoms. The standard InChI is InChI=1S/C10H15NO4/c1-2-3-4-5-9(12)14-6-7-15-10(13)8-11/h2-5H,6-8,11H2,1H3/b3-2+,5-4+. The van der Waals surface area contributed by atoms with E-state index in [4.69, 9.17) is 10.5 Å². The van der Waals surface area contributed by atoms with Gasteiger partial charge in [0.1, 0.15) is 13.2 Å². The van der Waals surface area contributed by atoms with Crippen LogP contribution in [-0.4, -0.2) is 31.7 Å². The van der Waals surface area contributed by atoms with Crippen molar-refractivity contribution in [2.45, 2.75) is 6.92 Å². The van der Waals surface area contributed by atoms with Gasteiger partial charge in [-0.1, -0.05) is 18.2 Å². The summed E-state index contributed by atoms with van der Waals surface area (Å²) in [6.07, 6.45) is 6.33. The minimum Gasteiger partial charge on any atom is -0.461 e. The summed E-state index contributed by atoms with van der Waals surface area (Å²) in [6, 6.07) is 0. The Morgan fingerprint density at radius 2 is 1.87 bits per heavy atom. The third kappa shape index (κ3) is 8.70. The molecule has 0 amide bonds. The second-order valence-electron chi connectivity index (χ2n) is 2.48. The SMILES string of the molecule is C/C=C/C=C/C(=O)OCCOC(=O)CN. The molecule has 0 aliphatic carbocycles. The molecule has 0 atom stereocenters. The van der Waals surface area contributed by atoms with Crippen molar-refractivity contribution in [2.75, 3.05) is 19.8 Å². The first-order chi connectivity index (χ1) is 7.20. The molecule has 0 radical (unpaired) electrons. The zero-order valence-corrected chi connectivity index (χ0v) is 8.64. The summed E-state index contributed by atoms with van der Waals surface area (Å²) in [6.45, 7) is 1.72. The molecular weight excluding hydrogens is 198 g/mol. The fourth-order valence-corrected chi connectivity index (χ4v) is 0.650. The number of carbonyl (C=O) groups is 2. The van der Waals surface area contributed by atoms with Gasteiger partial charge in [0.25, 0.3) is 0 Å². The highest BCUT2D eigenvalue weighted by molar-refractivity contribution is 5.82. The van der Waals surface area contributed by atoms with E-state index in [9.17, 15) is 9.59 Å². The van der Waals surface area contributed by atoms with E-state index in [0.29, 0.717) is 0 Å². The van der Waals surface area contributed by atoms with E-state index < -0.39 is 11.9 Å². The summed E-state index contributed by atoms with van der Waals surface area (Å²) < 4.78 is 9.29. The van der Waals surface area contributed by atoms with Gasteiger partial charge >= 0.3 is 11.9 Å². The highest BCUT2D eigenvalue weighted by Gasteiger charge is 1.99. The molecule has 0 spiro atoms. The summed E-state index contributed by atoms with van der Waals surface area (Å²) in [7, 11) is 0. The second kappa shape index (κ2) is 8.96. The lowest BCUT2D eigenvalue weighted by Crippen LogP contribution is -2.19. The maximum absolute atomic E-state index is 10.9. The summed E-state index contributed by atoms with van der Waals surface area (Å²) in [5, 5.41) is 0. The molecule has 0 rings (SSSR count). The first-order valence-electron chi connectivity index (χ1n) is 4.52. The van der Waals surface area contributed by atoms with Gasteiger partial charge in [-0.3, -0.25) is 4.79 Å². The van der Waals surface area contributed by atoms with E-state index in [1.807, 2.05) is 6.92 Å². The number of nitrogens with two attached hydrogens (primary N) is 1. The Morgan fingerprint density at radius 1 is 1.20 bits per heavy atom. The summed E-state index contributed by atoms with van der Waals surface area (Å²) >= 11 is 0. The topological polar surface area (TPSA) is 78.6 Å². The van der Waals surface area contributed by atoms with Crippen molar-refractivity contribution in [3.8, 4) is 0 Å². The molecule has 0 aliphatic heterocycles. The van der Waals surface area contributed by atoms with Crippen LogP contribution in [0.1, 0.15) is 6.92 Å². The van der Waals surface area contributed by atoms with E-state index in [0.717, 1.165) is 0 Å². The van der Waals surface area contributed by atoms with Crippen LogP contribution in [-0.2, 0) is 19.1 Å². The Balaban J connectivity index is 3.51. The van der Waals surface area contributed by atoms with E-state index in [1.165, 1.54) is 6.08 Å². The Labute approximate surface area is 88.5 Å². The molecular formula is C10H15NO4. The number of hydrogen-bond donors (Lipinski definition) is 1. The number of ether oxygens (including phenoxy) is 2. The number of allylic oxidation sites excluding steroid dienone is 3. The second-order valence-corrected chi connectivity index (χ2v) is 2.48. The first-order valence-corrected chi connectivity index (χ1v) is 4.52. The number of rotatable bonds is 6.